The van der Waals surface area contributed by atoms with E-state index in [1.807, 2.05) is 0 Å². The summed E-state index contributed by atoms with van der Waals surface area (Å²) in [4.78, 5) is 22.8. The molecule has 3 aliphatic rings. The van der Waals surface area contributed by atoms with E-state index in [1.165, 1.54) is 30.3 Å². The Morgan fingerprint density at radius 3 is 2.50 bits per heavy atom. The van der Waals surface area contributed by atoms with Crippen LogP contribution in [0.1, 0.15) is 37.1 Å². The van der Waals surface area contributed by atoms with E-state index >= 15 is 0 Å². The zero-order valence-electron chi connectivity index (χ0n) is 19.7. The van der Waals surface area contributed by atoms with E-state index in [-0.39, 0.29) is 11.9 Å². The molecule has 1 aliphatic carbocycles. The lowest BCUT2D eigenvalue weighted by atomic mass is 9.81. The fourth-order valence-corrected chi connectivity index (χ4v) is 6.00. The van der Waals surface area contributed by atoms with Crippen molar-refractivity contribution < 1.29 is 4.79 Å². The van der Waals surface area contributed by atoms with Gasteiger partial charge >= 0.3 is 0 Å². The number of piperazine rings is 1. The van der Waals surface area contributed by atoms with Crippen LogP contribution in [0.3, 0.4) is 0 Å². The first-order chi connectivity index (χ1) is 16.8. The van der Waals surface area contributed by atoms with Gasteiger partial charge in [-0.1, -0.05) is 55.3 Å². The molecular formula is C27H34N6O. The molecule has 7 heteroatoms. The number of carbonyl (C=O) groups excluding carboxylic acids is 1. The van der Waals surface area contributed by atoms with E-state index in [0.717, 1.165) is 57.0 Å². The fourth-order valence-electron chi connectivity index (χ4n) is 6.00. The maximum Gasteiger partial charge on any atom is 0.241 e. The number of hydrogen-bond donors (Lipinski definition) is 2. The number of aromatic nitrogens is 2. The lowest BCUT2D eigenvalue weighted by molar-refractivity contribution is -0.136. The molecule has 7 nitrogen and oxygen atoms in total. The SMILES string of the molecule is O=C(C1NNC2CCCCC21)N1CCN(Cc2nc3ccccc3n2Cc2ccccc2)CC1. The third-order valence-electron chi connectivity index (χ3n) is 7.90. The number of benzene rings is 2. The largest absolute Gasteiger partial charge is 0.339 e. The van der Waals surface area contributed by atoms with Crippen LogP contribution in [-0.2, 0) is 17.9 Å². The Kier molecular flexibility index (Phi) is 6.07. The predicted molar refractivity (Wildman–Crippen MR) is 133 cm³/mol. The molecule has 2 aliphatic heterocycles. The highest BCUT2D eigenvalue weighted by atomic mass is 16.2. The van der Waals surface area contributed by atoms with Gasteiger partial charge in [-0.05, 0) is 30.5 Å². The molecule has 178 valence electrons. The summed E-state index contributed by atoms with van der Waals surface area (Å²) in [7, 11) is 0. The Bertz CT molecular complexity index is 1140. The molecular weight excluding hydrogens is 424 g/mol. The van der Waals surface area contributed by atoms with Gasteiger partial charge in [-0.3, -0.25) is 15.1 Å². The first-order valence-electron chi connectivity index (χ1n) is 12.8. The lowest BCUT2D eigenvalue weighted by Crippen LogP contribution is -2.54. The standard InChI is InChI=1S/C27H34N6O/c34-27(26-21-10-4-5-11-22(21)29-30-26)32-16-14-31(15-17-32)19-25-28-23-12-6-7-13-24(23)33(25)18-20-8-2-1-3-9-20/h1-3,6-9,12-13,21-22,26,29-30H,4-5,10-11,14-19H2. The number of nitrogens with zero attached hydrogens (tertiary/aromatic N) is 4. The van der Waals surface area contributed by atoms with Crippen molar-refractivity contribution in [3.05, 3.63) is 66.0 Å². The Balaban J connectivity index is 1.13. The number of carbonyl (C=O) groups is 1. The second-order valence-electron chi connectivity index (χ2n) is 10.0. The van der Waals surface area contributed by atoms with Gasteiger partial charge in [0.05, 0.1) is 17.6 Å². The van der Waals surface area contributed by atoms with E-state index in [4.69, 9.17) is 4.98 Å². The number of imidazole rings is 1. The van der Waals surface area contributed by atoms with Gasteiger partial charge in [-0.2, -0.15) is 0 Å². The molecule has 1 saturated carbocycles. The smallest absolute Gasteiger partial charge is 0.241 e. The average molecular weight is 459 g/mol. The summed E-state index contributed by atoms with van der Waals surface area (Å²) in [5.74, 6) is 1.81. The normalized spacial score (nSPS) is 25.5. The van der Waals surface area contributed by atoms with E-state index in [2.05, 4.69) is 79.8 Å². The maximum absolute atomic E-state index is 13.3. The van der Waals surface area contributed by atoms with Crippen molar-refractivity contribution in [1.82, 2.24) is 30.2 Å². The summed E-state index contributed by atoms with van der Waals surface area (Å²) in [6, 6.07) is 19.4. The molecule has 0 spiro atoms. The number of fused-ring (bicyclic) bond motifs is 2. The van der Waals surface area contributed by atoms with Crippen molar-refractivity contribution in [2.45, 2.75) is 50.9 Å². The zero-order chi connectivity index (χ0) is 22.9. The third-order valence-corrected chi connectivity index (χ3v) is 7.90. The van der Waals surface area contributed by atoms with Gasteiger partial charge in [0.15, 0.2) is 0 Å². The topological polar surface area (TPSA) is 65.4 Å². The van der Waals surface area contributed by atoms with Crippen LogP contribution in [0.5, 0.6) is 0 Å². The highest BCUT2D eigenvalue weighted by Gasteiger charge is 2.42. The van der Waals surface area contributed by atoms with E-state index in [0.29, 0.717) is 12.0 Å². The molecule has 3 fully saturated rings. The Labute approximate surface area is 201 Å². The Morgan fingerprint density at radius 2 is 1.65 bits per heavy atom. The van der Waals surface area contributed by atoms with Crippen LogP contribution < -0.4 is 10.9 Å². The molecule has 3 heterocycles. The van der Waals surface area contributed by atoms with Crippen molar-refractivity contribution in [2.75, 3.05) is 26.2 Å². The molecule has 6 rings (SSSR count). The van der Waals surface area contributed by atoms with Crippen LogP contribution in [0.25, 0.3) is 11.0 Å². The molecule has 3 atom stereocenters. The molecule has 2 aromatic carbocycles. The number of para-hydroxylation sites is 2. The average Bonchev–Trinajstić information content (AvgIpc) is 3.46. The molecule has 0 bridgehead atoms. The van der Waals surface area contributed by atoms with Gasteiger partial charge in [0.25, 0.3) is 0 Å². The van der Waals surface area contributed by atoms with Gasteiger partial charge in [-0.25, -0.2) is 10.4 Å². The summed E-state index contributed by atoms with van der Waals surface area (Å²) in [6.45, 7) is 4.96. The number of hydrogen-bond acceptors (Lipinski definition) is 5. The summed E-state index contributed by atoms with van der Waals surface area (Å²) in [5, 5.41) is 0. The Morgan fingerprint density at radius 1 is 0.882 bits per heavy atom. The number of amides is 1. The first-order valence-corrected chi connectivity index (χ1v) is 12.8. The molecule has 3 unspecified atom stereocenters. The summed E-state index contributed by atoms with van der Waals surface area (Å²) >= 11 is 0. The van der Waals surface area contributed by atoms with Gasteiger partial charge < -0.3 is 9.47 Å². The molecule has 34 heavy (non-hydrogen) atoms. The minimum atomic E-state index is -0.0630. The molecule has 2 saturated heterocycles. The van der Waals surface area contributed by atoms with Crippen molar-refractivity contribution in [3.63, 3.8) is 0 Å². The van der Waals surface area contributed by atoms with Crippen LogP contribution in [-0.4, -0.2) is 63.5 Å². The van der Waals surface area contributed by atoms with E-state index < -0.39 is 0 Å². The number of hydrazine groups is 1. The summed E-state index contributed by atoms with van der Waals surface area (Å²) < 4.78 is 2.35. The second kappa shape index (κ2) is 9.49. The minimum absolute atomic E-state index is 0.0630. The van der Waals surface area contributed by atoms with Gasteiger partial charge in [0, 0.05) is 44.7 Å². The molecule has 0 radical (unpaired) electrons. The highest BCUT2D eigenvalue weighted by Crippen LogP contribution is 2.31. The summed E-state index contributed by atoms with van der Waals surface area (Å²) in [6.07, 6.45) is 4.84. The van der Waals surface area contributed by atoms with Crippen LogP contribution in [0.2, 0.25) is 0 Å². The molecule has 1 amide bonds. The monoisotopic (exact) mass is 458 g/mol. The van der Waals surface area contributed by atoms with Crippen LogP contribution in [0, 0.1) is 5.92 Å². The first kappa shape index (κ1) is 21.8. The quantitative estimate of drug-likeness (QED) is 0.616. The maximum atomic E-state index is 13.3. The van der Waals surface area contributed by atoms with E-state index in [1.54, 1.807) is 0 Å². The minimum Gasteiger partial charge on any atom is -0.339 e. The van der Waals surface area contributed by atoms with Crippen molar-refractivity contribution in [2.24, 2.45) is 5.92 Å². The highest BCUT2D eigenvalue weighted by molar-refractivity contribution is 5.83. The molecule has 2 N–H and O–H groups in total. The zero-order valence-corrected chi connectivity index (χ0v) is 19.7. The lowest BCUT2D eigenvalue weighted by Gasteiger charge is -2.37. The Hall–Kier alpha value is -2.74. The summed E-state index contributed by atoms with van der Waals surface area (Å²) in [5.41, 5.74) is 10.2. The fraction of sp³-hybridized carbons (Fsp3) is 0.481. The van der Waals surface area contributed by atoms with Crippen molar-refractivity contribution in [1.29, 1.82) is 0 Å². The van der Waals surface area contributed by atoms with Crippen LogP contribution >= 0.6 is 0 Å². The second-order valence-corrected chi connectivity index (χ2v) is 10.0. The van der Waals surface area contributed by atoms with Gasteiger partial charge in [0.1, 0.15) is 11.9 Å². The molecule has 3 aromatic rings. The van der Waals surface area contributed by atoms with E-state index in [9.17, 15) is 4.79 Å². The van der Waals surface area contributed by atoms with Gasteiger partial charge in [-0.15, -0.1) is 0 Å². The van der Waals surface area contributed by atoms with Crippen LogP contribution in [0.4, 0.5) is 0 Å². The molecule has 1 aromatic heterocycles. The van der Waals surface area contributed by atoms with Crippen molar-refractivity contribution in [3.8, 4) is 0 Å². The third kappa shape index (κ3) is 4.24. The number of nitrogens with one attached hydrogen (secondary N) is 2. The predicted octanol–water partition coefficient (Wildman–Crippen LogP) is 2.76. The van der Waals surface area contributed by atoms with Crippen LogP contribution in [0.15, 0.2) is 54.6 Å². The van der Waals surface area contributed by atoms with Crippen molar-refractivity contribution >= 4 is 16.9 Å². The van der Waals surface area contributed by atoms with Gasteiger partial charge in [0.2, 0.25) is 5.91 Å². The number of rotatable bonds is 5.